The topological polar surface area (TPSA) is 56.3 Å². The average molecular weight is 270 g/mol. The second-order valence-electron chi connectivity index (χ2n) is 5.30. The van der Waals surface area contributed by atoms with Crippen molar-refractivity contribution in [1.29, 1.82) is 0 Å². The highest BCUT2D eigenvalue weighted by Gasteiger charge is 2.30. The number of fused-ring (bicyclic) bond motifs is 2. The minimum absolute atomic E-state index is 0.250. The van der Waals surface area contributed by atoms with Crippen molar-refractivity contribution in [3.63, 3.8) is 0 Å². The monoisotopic (exact) mass is 270 g/mol. The molecule has 2 N–H and O–H groups in total. The van der Waals surface area contributed by atoms with Gasteiger partial charge in [0.05, 0.1) is 0 Å². The number of nitrogens with one attached hydrogen (secondary N) is 1. The van der Waals surface area contributed by atoms with Crippen LogP contribution in [0.15, 0.2) is 30.5 Å². The Morgan fingerprint density at radius 2 is 2.25 bits per heavy atom. The first-order valence-corrected chi connectivity index (χ1v) is 6.83. The molecule has 0 saturated heterocycles. The van der Waals surface area contributed by atoms with Gasteiger partial charge in [0.25, 0.3) is 6.47 Å². The van der Waals surface area contributed by atoms with Crippen molar-refractivity contribution in [2.24, 2.45) is 0 Å². The van der Waals surface area contributed by atoms with Gasteiger partial charge in [-0.05, 0) is 42.7 Å². The molecule has 0 radical (unpaired) electrons. The Bertz CT molecular complexity index is 672. The fourth-order valence-corrected chi connectivity index (χ4v) is 3.37. The van der Waals surface area contributed by atoms with Crippen LogP contribution in [0.1, 0.15) is 17.5 Å². The average Bonchev–Trinajstić information content (AvgIpc) is 2.86. The maximum atomic E-state index is 8.36. The van der Waals surface area contributed by atoms with Crippen LogP contribution in [0.2, 0.25) is 0 Å². The maximum absolute atomic E-state index is 8.36. The summed E-state index contributed by atoms with van der Waals surface area (Å²) in [6.45, 7) is 0.934. The Labute approximate surface area is 117 Å². The Morgan fingerprint density at radius 3 is 3.05 bits per heavy atom. The molecule has 2 heterocycles. The van der Waals surface area contributed by atoms with Crippen LogP contribution in [0.3, 0.4) is 0 Å². The van der Waals surface area contributed by atoms with E-state index in [1.165, 1.54) is 40.6 Å². The first-order valence-electron chi connectivity index (χ1n) is 6.83. The Kier molecular flexibility index (Phi) is 3.32. The number of likely N-dealkylation sites (N-methyl/N-ethyl adjacent to an activating group) is 1. The summed E-state index contributed by atoms with van der Waals surface area (Å²) in [4.78, 5) is 14.3. The van der Waals surface area contributed by atoms with Crippen molar-refractivity contribution < 1.29 is 9.90 Å². The highest BCUT2D eigenvalue weighted by atomic mass is 16.3. The normalized spacial score (nSPS) is 20.6. The van der Waals surface area contributed by atoms with E-state index in [1.54, 1.807) is 0 Å². The van der Waals surface area contributed by atoms with E-state index in [1.807, 2.05) is 0 Å². The lowest BCUT2D eigenvalue weighted by molar-refractivity contribution is -0.122. The van der Waals surface area contributed by atoms with Crippen molar-refractivity contribution in [1.82, 2.24) is 9.88 Å². The van der Waals surface area contributed by atoms with Crippen LogP contribution in [-0.2, 0) is 11.2 Å². The molecule has 4 rings (SSSR count). The van der Waals surface area contributed by atoms with Gasteiger partial charge in [-0.15, -0.1) is 0 Å². The molecule has 1 aromatic heterocycles. The summed E-state index contributed by atoms with van der Waals surface area (Å²) < 4.78 is 0. The highest BCUT2D eigenvalue weighted by molar-refractivity contribution is 5.98. The molecule has 1 aliphatic heterocycles. The summed E-state index contributed by atoms with van der Waals surface area (Å²) >= 11 is 0. The molecule has 2 aromatic rings. The number of benzene rings is 1. The molecule has 20 heavy (non-hydrogen) atoms. The van der Waals surface area contributed by atoms with Gasteiger partial charge in [-0.3, -0.25) is 9.69 Å². The smallest absolute Gasteiger partial charge is 0.290 e. The minimum atomic E-state index is -0.250. The van der Waals surface area contributed by atoms with Gasteiger partial charge < -0.3 is 10.1 Å². The van der Waals surface area contributed by atoms with E-state index in [2.05, 4.69) is 47.4 Å². The summed E-state index contributed by atoms with van der Waals surface area (Å²) in [5.74, 6) is 0. The number of nitrogens with zero attached hydrogens (tertiary/aromatic N) is 1. The summed E-state index contributed by atoms with van der Waals surface area (Å²) in [5, 5.41) is 8.34. The van der Waals surface area contributed by atoms with Gasteiger partial charge in [0.1, 0.15) is 0 Å². The lowest BCUT2D eigenvalue weighted by atomic mass is 9.82. The number of aromatic nitrogens is 1. The molecule has 0 amide bonds. The summed E-state index contributed by atoms with van der Waals surface area (Å²) in [7, 11) is 2.25. The third kappa shape index (κ3) is 1.93. The van der Waals surface area contributed by atoms with Crippen molar-refractivity contribution >= 4 is 22.9 Å². The van der Waals surface area contributed by atoms with E-state index in [9.17, 15) is 0 Å². The Hall–Kier alpha value is -2.07. The minimum Gasteiger partial charge on any atom is -0.483 e. The van der Waals surface area contributed by atoms with E-state index in [-0.39, 0.29) is 6.47 Å². The number of rotatable bonds is 0. The molecule has 0 spiro atoms. The van der Waals surface area contributed by atoms with E-state index in [4.69, 9.17) is 9.90 Å². The van der Waals surface area contributed by atoms with E-state index >= 15 is 0 Å². The fraction of sp³-hybridized carbons (Fsp3) is 0.312. The zero-order valence-corrected chi connectivity index (χ0v) is 11.5. The molecule has 1 aromatic carbocycles. The molecule has 4 heteroatoms. The van der Waals surface area contributed by atoms with Gasteiger partial charge in [0, 0.05) is 29.7 Å². The van der Waals surface area contributed by atoms with Crippen molar-refractivity contribution in [3.8, 4) is 0 Å². The molecule has 1 atom stereocenters. The van der Waals surface area contributed by atoms with Crippen LogP contribution in [-0.4, -0.2) is 41.1 Å². The second-order valence-corrected chi connectivity index (χ2v) is 5.30. The first kappa shape index (κ1) is 12.9. The third-order valence-electron chi connectivity index (χ3n) is 4.25. The van der Waals surface area contributed by atoms with Gasteiger partial charge >= 0.3 is 0 Å². The largest absolute Gasteiger partial charge is 0.483 e. The van der Waals surface area contributed by atoms with Crippen LogP contribution < -0.4 is 0 Å². The maximum Gasteiger partial charge on any atom is 0.290 e. The summed E-state index contributed by atoms with van der Waals surface area (Å²) in [6, 6.07) is 7.19. The number of carboxylic acid groups (broad SMARTS) is 1. The van der Waals surface area contributed by atoms with Crippen molar-refractivity contribution in [2.45, 2.75) is 18.9 Å². The number of carbonyl (C=O) groups is 1. The number of hydrogen-bond acceptors (Lipinski definition) is 2. The predicted molar refractivity (Wildman–Crippen MR) is 79.7 cm³/mol. The van der Waals surface area contributed by atoms with Crippen molar-refractivity contribution in [2.75, 3.05) is 13.6 Å². The van der Waals surface area contributed by atoms with Gasteiger partial charge in [-0.25, -0.2) is 0 Å². The molecular weight excluding hydrogens is 252 g/mol. The second kappa shape index (κ2) is 5.13. The predicted octanol–water partition coefficient (Wildman–Crippen LogP) is 2.51. The zero-order valence-electron chi connectivity index (χ0n) is 11.5. The number of H-pyrrole nitrogens is 1. The van der Waals surface area contributed by atoms with E-state index in [0.717, 1.165) is 6.42 Å². The summed E-state index contributed by atoms with van der Waals surface area (Å²) in [6.07, 6.45) is 6.96. The van der Waals surface area contributed by atoms with Crippen LogP contribution in [0.4, 0.5) is 0 Å². The molecule has 104 valence electrons. The molecular formula is C16H18N2O2. The van der Waals surface area contributed by atoms with E-state index in [0.29, 0.717) is 6.04 Å². The lowest BCUT2D eigenvalue weighted by Gasteiger charge is -2.36. The molecule has 1 aliphatic carbocycles. The quantitative estimate of drug-likeness (QED) is 0.723. The molecule has 2 aliphatic rings. The van der Waals surface area contributed by atoms with Crippen LogP contribution in [0.5, 0.6) is 0 Å². The van der Waals surface area contributed by atoms with Crippen LogP contribution >= 0.6 is 0 Å². The fourth-order valence-electron chi connectivity index (χ4n) is 3.37. The third-order valence-corrected chi connectivity index (χ3v) is 4.25. The molecule has 1 unspecified atom stereocenters. The highest BCUT2D eigenvalue weighted by Crippen LogP contribution is 2.39. The SMILES string of the molecule is CN1CCC=C2c3cccc4[nH]cc(c34)CC21.O=CO. The standard InChI is InChI=1S/C15H16N2.CH2O2/c1-17-7-3-5-11-12-4-2-6-13-15(12)10(9-16-13)8-14(11)17;2-1-3/h2,4-6,9,14,16H,3,7-8H2,1H3;1H,(H,2,3). The number of hydrogen-bond donors (Lipinski definition) is 2. The summed E-state index contributed by atoms with van der Waals surface area (Å²) in [5.41, 5.74) is 5.74. The first-order chi connectivity index (χ1) is 9.76. The molecule has 4 nitrogen and oxygen atoms in total. The van der Waals surface area contributed by atoms with Crippen LogP contribution in [0, 0.1) is 0 Å². The lowest BCUT2D eigenvalue weighted by Crippen LogP contribution is -2.39. The Morgan fingerprint density at radius 1 is 1.45 bits per heavy atom. The molecule has 0 saturated carbocycles. The van der Waals surface area contributed by atoms with Gasteiger partial charge in [0.2, 0.25) is 0 Å². The van der Waals surface area contributed by atoms with Gasteiger partial charge in [0.15, 0.2) is 0 Å². The number of aromatic amines is 1. The Balaban J connectivity index is 0.000000373. The van der Waals surface area contributed by atoms with Crippen molar-refractivity contribution in [3.05, 3.63) is 41.6 Å². The van der Waals surface area contributed by atoms with Gasteiger partial charge in [-0.1, -0.05) is 18.2 Å². The molecule has 0 bridgehead atoms. The molecule has 0 fully saturated rings. The zero-order chi connectivity index (χ0) is 14.1. The van der Waals surface area contributed by atoms with Crippen LogP contribution in [0.25, 0.3) is 16.5 Å². The van der Waals surface area contributed by atoms with Gasteiger partial charge in [-0.2, -0.15) is 0 Å². The van der Waals surface area contributed by atoms with E-state index < -0.39 is 0 Å².